The van der Waals surface area contributed by atoms with Crippen LogP contribution >= 0.6 is 0 Å². The van der Waals surface area contributed by atoms with Crippen molar-refractivity contribution in [2.24, 2.45) is 0 Å². The summed E-state index contributed by atoms with van der Waals surface area (Å²) >= 11 is 0. The lowest BCUT2D eigenvalue weighted by atomic mass is 10.2. The van der Waals surface area contributed by atoms with E-state index in [9.17, 15) is 22.4 Å². The number of methoxy groups -OCH3 is 1. The lowest BCUT2D eigenvalue weighted by Crippen LogP contribution is -2.23. The van der Waals surface area contributed by atoms with Gasteiger partial charge < -0.3 is 14.6 Å². The number of fused-ring (bicyclic) bond motifs is 1. The first-order chi connectivity index (χ1) is 15.8. The van der Waals surface area contributed by atoms with Crippen molar-refractivity contribution < 1.29 is 22.3 Å². The van der Waals surface area contributed by atoms with Crippen LogP contribution < -0.4 is 15.5 Å². The zero-order valence-electron chi connectivity index (χ0n) is 17.5. The highest BCUT2D eigenvalue weighted by Crippen LogP contribution is 2.22. The molecule has 0 spiro atoms. The zero-order valence-corrected chi connectivity index (χ0v) is 18.3. The highest BCUT2D eigenvalue weighted by molar-refractivity contribution is 7.91. The molecular formula is C24H19FN2O5S. The van der Waals surface area contributed by atoms with Gasteiger partial charge >= 0.3 is 0 Å². The van der Waals surface area contributed by atoms with Crippen LogP contribution in [0.1, 0.15) is 0 Å². The Morgan fingerprint density at radius 3 is 2.48 bits per heavy atom. The summed E-state index contributed by atoms with van der Waals surface area (Å²) in [5.41, 5.74) is 0.213. The minimum absolute atomic E-state index is 0.148. The average molecular weight is 466 g/mol. The standard InChI is InChI=1S/C24H19FN2O5S/c1-32-18-6-4-5-17(13-18)26-23(28)15-27-14-22(24(29)20-7-2-3-8-21(20)27)33(30,31)19-11-9-16(25)10-12-19/h2-14H,15H2,1H3,(H,26,28). The van der Waals surface area contributed by atoms with Gasteiger partial charge in [-0.3, -0.25) is 9.59 Å². The molecule has 0 radical (unpaired) electrons. The van der Waals surface area contributed by atoms with Crippen LogP contribution in [-0.4, -0.2) is 26.0 Å². The number of amides is 1. The van der Waals surface area contributed by atoms with Crippen LogP contribution in [0.25, 0.3) is 10.9 Å². The van der Waals surface area contributed by atoms with E-state index in [0.29, 0.717) is 17.0 Å². The van der Waals surface area contributed by atoms with Crippen molar-refractivity contribution >= 4 is 32.3 Å². The van der Waals surface area contributed by atoms with Gasteiger partial charge in [0, 0.05) is 23.3 Å². The lowest BCUT2D eigenvalue weighted by Gasteiger charge is -2.14. The molecule has 0 saturated carbocycles. The Hall–Kier alpha value is -3.98. The van der Waals surface area contributed by atoms with Gasteiger partial charge in [0.25, 0.3) is 0 Å². The number of anilines is 1. The molecule has 4 aromatic rings. The number of para-hydroxylation sites is 1. The molecule has 0 aliphatic rings. The summed E-state index contributed by atoms with van der Waals surface area (Å²) in [5, 5.41) is 2.88. The van der Waals surface area contributed by atoms with Crippen molar-refractivity contribution in [2.75, 3.05) is 12.4 Å². The first kappa shape index (κ1) is 22.2. The molecule has 7 nitrogen and oxygen atoms in total. The molecule has 1 amide bonds. The second-order valence-corrected chi connectivity index (χ2v) is 9.12. The monoisotopic (exact) mass is 466 g/mol. The van der Waals surface area contributed by atoms with Gasteiger partial charge in [-0.1, -0.05) is 18.2 Å². The predicted octanol–water partition coefficient (Wildman–Crippen LogP) is 3.62. The number of aromatic nitrogens is 1. The van der Waals surface area contributed by atoms with Gasteiger partial charge in [0.1, 0.15) is 23.0 Å². The van der Waals surface area contributed by atoms with E-state index in [4.69, 9.17) is 4.74 Å². The quantitative estimate of drug-likeness (QED) is 0.438. The molecule has 0 bridgehead atoms. The second kappa shape index (κ2) is 8.87. The summed E-state index contributed by atoms with van der Waals surface area (Å²) < 4.78 is 46.2. The second-order valence-electron chi connectivity index (χ2n) is 7.21. The van der Waals surface area contributed by atoms with Crippen LogP contribution in [0.2, 0.25) is 0 Å². The SMILES string of the molecule is COc1cccc(NC(=O)Cn2cc(S(=O)(=O)c3ccc(F)cc3)c(=O)c3ccccc32)c1. The highest BCUT2D eigenvalue weighted by Gasteiger charge is 2.24. The Morgan fingerprint density at radius 2 is 1.76 bits per heavy atom. The van der Waals surface area contributed by atoms with Crippen molar-refractivity contribution in [3.63, 3.8) is 0 Å². The molecule has 0 unspecified atom stereocenters. The van der Waals surface area contributed by atoms with Crippen LogP contribution in [0, 0.1) is 5.82 Å². The van der Waals surface area contributed by atoms with Crippen molar-refractivity contribution in [3.8, 4) is 5.75 Å². The highest BCUT2D eigenvalue weighted by atomic mass is 32.2. The first-order valence-electron chi connectivity index (χ1n) is 9.86. The third-order valence-corrected chi connectivity index (χ3v) is 6.80. The summed E-state index contributed by atoms with van der Waals surface area (Å²) in [6.07, 6.45) is 1.15. The maximum Gasteiger partial charge on any atom is 0.244 e. The normalized spacial score (nSPS) is 11.3. The molecule has 1 aromatic heterocycles. The molecule has 3 aromatic carbocycles. The summed E-state index contributed by atoms with van der Waals surface area (Å²) in [7, 11) is -2.74. The fourth-order valence-electron chi connectivity index (χ4n) is 3.44. The van der Waals surface area contributed by atoms with Crippen LogP contribution in [-0.2, 0) is 21.2 Å². The van der Waals surface area contributed by atoms with Gasteiger partial charge in [-0.15, -0.1) is 0 Å². The van der Waals surface area contributed by atoms with Crippen molar-refractivity contribution in [1.82, 2.24) is 4.57 Å². The Labute approximate surface area is 189 Å². The number of nitrogens with zero attached hydrogens (tertiary/aromatic N) is 1. The molecule has 0 fully saturated rings. The number of nitrogens with one attached hydrogen (secondary N) is 1. The van der Waals surface area contributed by atoms with E-state index < -0.39 is 31.9 Å². The number of hydrogen-bond acceptors (Lipinski definition) is 5. The lowest BCUT2D eigenvalue weighted by molar-refractivity contribution is -0.116. The van der Waals surface area contributed by atoms with E-state index in [1.807, 2.05) is 0 Å². The van der Waals surface area contributed by atoms with E-state index in [2.05, 4.69) is 5.32 Å². The number of carbonyl (C=O) groups is 1. The number of rotatable bonds is 6. The Kier molecular flexibility index (Phi) is 5.97. The topological polar surface area (TPSA) is 94.5 Å². The summed E-state index contributed by atoms with van der Waals surface area (Å²) in [6.45, 7) is -0.246. The maximum atomic E-state index is 13.3. The van der Waals surface area contributed by atoms with Gasteiger partial charge in [0.2, 0.25) is 21.2 Å². The molecular weight excluding hydrogens is 447 g/mol. The molecule has 0 atom stereocenters. The predicted molar refractivity (Wildman–Crippen MR) is 122 cm³/mol. The summed E-state index contributed by atoms with van der Waals surface area (Å²) in [5.74, 6) is -0.462. The first-order valence-corrected chi connectivity index (χ1v) is 11.3. The van der Waals surface area contributed by atoms with E-state index in [0.717, 1.165) is 30.5 Å². The molecule has 0 aliphatic carbocycles. The van der Waals surface area contributed by atoms with Gasteiger partial charge in [-0.2, -0.15) is 0 Å². The maximum absolute atomic E-state index is 13.3. The number of hydrogen-bond donors (Lipinski definition) is 1. The van der Waals surface area contributed by atoms with Crippen LogP contribution in [0.5, 0.6) is 5.75 Å². The Bertz CT molecular complexity index is 1510. The molecule has 168 valence electrons. The molecule has 0 saturated heterocycles. The Balaban J connectivity index is 1.77. The minimum Gasteiger partial charge on any atom is -0.497 e. The number of pyridine rings is 1. The molecule has 33 heavy (non-hydrogen) atoms. The molecule has 0 aliphatic heterocycles. The van der Waals surface area contributed by atoms with Crippen molar-refractivity contribution in [3.05, 3.63) is 95.0 Å². The van der Waals surface area contributed by atoms with Gasteiger partial charge in [-0.25, -0.2) is 12.8 Å². The van der Waals surface area contributed by atoms with Crippen molar-refractivity contribution in [1.29, 1.82) is 0 Å². The van der Waals surface area contributed by atoms with E-state index in [1.54, 1.807) is 42.5 Å². The third-order valence-electron chi connectivity index (χ3n) is 5.04. The number of halogens is 1. The number of carbonyl (C=O) groups excluding carboxylic acids is 1. The van der Waals surface area contributed by atoms with Gasteiger partial charge in [0.05, 0.1) is 17.5 Å². The molecule has 1 heterocycles. The molecule has 1 N–H and O–H groups in total. The summed E-state index contributed by atoms with van der Waals surface area (Å²) in [6, 6.07) is 17.4. The summed E-state index contributed by atoms with van der Waals surface area (Å²) in [4.78, 5) is 25.1. The fraction of sp³-hybridized carbons (Fsp3) is 0.0833. The van der Waals surface area contributed by atoms with Crippen molar-refractivity contribution in [2.45, 2.75) is 16.3 Å². The largest absolute Gasteiger partial charge is 0.497 e. The number of ether oxygens (including phenoxy) is 1. The third kappa shape index (κ3) is 4.49. The molecule has 4 rings (SSSR count). The Morgan fingerprint density at radius 1 is 1.03 bits per heavy atom. The number of benzene rings is 3. The fourth-order valence-corrected chi connectivity index (χ4v) is 4.81. The minimum atomic E-state index is -4.25. The van der Waals surface area contributed by atoms with E-state index in [-0.39, 0.29) is 16.8 Å². The van der Waals surface area contributed by atoms with Gasteiger partial charge in [-0.05, 0) is 48.5 Å². The molecule has 9 heteroatoms. The van der Waals surface area contributed by atoms with Gasteiger partial charge in [0.15, 0.2) is 0 Å². The van der Waals surface area contributed by atoms with E-state index in [1.165, 1.54) is 17.7 Å². The zero-order chi connectivity index (χ0) is 23.6. The number of sulfone groups is 1. The average Bonchev–Trinajstić information content (AvgIpc) is 2.81. The van der Waals surface area contributed by atoms with E-state index >= 15 is 0 Å². The van der Waals surface area contributed by atoms with Crippen LogP contribution in [0.15, 0.2) is 93.6 Å². The smallest absolute Gasteiger partial charge is 0.244 e. The van der Waals surface area contributed by atoms with Crippen LogP contribution in [0.4, 0.5) is 10.1 Å². The van der Waals surface area contributed by atoms with Crippen LogP contribution in [0.3, 0.4) is 0 Å².